The first-order valence-corrected chi connectivity index (χ1v) is 16.7. The fraction of sp³-hybridized carbons (Fsp3) is 0.371. The Labute approximate surface area is 271 Å². The van der Waals surface area contributed by atoms with Gasteiger partial charge < -0.3 is 14.7 Å². The minimum Gasteiger partial charge on any atom is -0.475 e. The topological polar surface area (TPSA) is 135 Å². The van der Waals surface area contributed by atoms with Crippen molar-refractivity contribution in [2.45, 2.75) is 78.0 Å². The van der Waals surface area contributed by atoms with E-state index >= 15 is 0 Å². The Morgan fingerprint density at radius 1 is 0.978 bits per heavy atom. The minimum atomic E-state index is -4.18. The van der Waals surface area contributed by atoms with Crippen LogP contribution in [0.15, 0.2) is 71.8 Å². The minimum absolute atomic E-state index is 0.0727. The molecule has 10 nitrogen and oxygen atoms in total. The first-order valence-electron chi connectivity index (χ1n) is 15.2. The van der Waals surface area contributed by atoms with Crippen LogP contribution in [0.2, 0.25) is 0 Å². The van der Waals surface area contributed by atoms with Crippen molar-refractivity contribution < 1.29 is 23.1 Å². The number of rotatable bonds is 5. The van der Waals surface area contributed by atoms with Gasteiger partial charge in [0.05, 0.1) is 34.5 Å². The number of carbonyl (C=O) groups is 1. The second-order valence-corrected chi connectivity index (χ2v) is 15.3. The maximum absolute atomic E-state index is 14.4. The summed E-state index contributed by atoms with van der Waals surface area (Å²) in [5.41, 5.74) is 3.40. The Balaban J connectivity index is 1.68. The zero-order valence-corrected chi connectivity index (χ0v) is 28.1. The van der Waals surface area contributed by atoms with Gasteiger partial charge in [-0.25, -0.2) is 18.1 Å². The smallest absolute Gasteiger partial charge is 0.264 e. The number of nitrogens with zero attached hydrogens (tertiary/aromatic N) is 4. The Bertz CT molecular complexity index is 1860. The van der Waals surface area contributed by atoms with Crippen molar-refractivity contribution in [1.29, 1.82) is 0 Å². The Morgan fingerprint density at radius 2 is 1.67 bits per heavy atom. The number of pyridine rings is 1. The SMILES string of the molecule is Cc1cccc(C)c1-c1cc2nc(n1)NS(=O)(=O)c1cccc(c1)C(=O)N(Cc1cc(C(C)(C)O)ccn1)[C@H](CC(C)(C)C)CO2. The lowest BCUT2D eigenvalue weighted by Gasteiger charge is -2.35. The molecule has 1 atom stereocenters. The van der Waals surface area contributed by atoms with Crippen LogP contribution in [0.1, 0.15) is 73.8 Å². The second kappa shape index (κ2) is 12.4. The van der Waals surface area contributed by atoms with Gasteiger partial charge in [-0.2, -0.15) is 4.98 Å². The molecule has 2 aromatic heterocycles. The Hall–Kier alpha value is -4.35. The number of hydrogen-bond donors (Lipinski definition) is 2. The quantitative estimate of drug-likeness (QED) is 0.270. The van der Waals surface area contributed by atoms with Crippen LogP contribution in [-0.2, 0) is 22.2 Å². The maximum atomic E-state index is 14.4. The molecule has 5 rings (SSSR count). The molecule has 0 aliphatic carbocycles. The van der Waals surface area contributed by atoms with E-state index in [0.29, 0.717) is 23.4 Å². The van der Waals surface area contributed by atoms with Crippen molar-refractivity contribution in [2.75, 3.05) is 11.3 Å². The summed E-state index contributed by atoms with van der Waals surface area (Å²) in [6.07, 6.45) is 2.17. The number of ether oxygens (including phenoxy) is 1. The summed E-state index contributed by atoms with van der Waals surface area (Å²) in [4.78, 5) is 29.5. The van der Waals surface area contributed by atoms with Crippen LogP contribution in [0, 0.1) is 19.3 Å². The third-order valence-corrected chi connectivity index (χ3v) is 9.21. The van der Waals surface area contributed by atoms with E-state index in [2.05, 4.69) is 40.4 Å². The van der Waals surface area contributed by atoms with Crippen LogP contribution in [0.4, 0.5) is 5.95 Å². The molecule has 242 valence electrons. The molecule has 4 bridgehead atoms. The van der Waals surface area contributed by atoms with Gasteiger partial charge in [-0.15, -0.1) is 0 Å². The number of carbonyl (C=O) groups excluding carboxylic acids is 1. The molecule has 2 N–H and O–H groups in total. The number of amides is 1. The van der Waals surface area contributed by atoms with Crippen molar-refractivity contribution >= 4 is 21.9 Å². The van der Waals surface area contributed by atoms with E-state index in [9.17, 15) is 18.3 Å². The van der Waals surface area contributed by atoms with E-state index in [1.165, 1.54) is 12.1 Å². The van der Waals surface area contributed by atoms with Crippen molar-refractivity contribution in [3.8, 4) is 17.1 Å². The fourth-order valence-electron chi connectivity index (χ4n) is 5.67. The molecule has 0 spiro atoms. The molecule has 2 aromatic carbocycles. The fourth-order valence-corrected chi connectivity index (χ4v) is 6.66. The van der Waals surface area contributed by atoms with E-state index in [1.54, 1.807) is 55.3 Å². The Kier molecular flexibility index (Phi) is 8.94. The number of anilines is 1. The van der Waals surface area contributed by atoms with Crippen LogP contribution < -0.4 is 9.46 Å². The van der Waals surface area contributed by atoms with E-state index in [-0.39, 0.29) is 46.8 Å². The highest BCUT2D eigenvalue weighted by atomic mass is 32.2. The molecule has 3 heterocycles. The van der Waals surface area contributed by atoms with E-state index in [0.717, 1.165) is 16.7 Å². The predicted octanol–water partition coefficient (Wildman–Crippen LogP) is 6.02. The number of benzene rings is 2. The van der Waals surface area contributed by atoms with Crippen LogP contribution >= 0.6 is 0 Å². The van der Waals surface area contributed by atoms with E-state index < -0.39 is 21.7 Å². The first-order chi connectivity index (χ1) is 21.5. The summed E-state index contributed by atoms with van der Waals surface area (Å²) in [6.45, 7) is 13.7. The number of aliphatic hydroxyl groups is 1. The molecule has 0 unspecified atom stereocenters. The number of nitrogens with one attached hydrogen (secondary N) is 1. The summed E-state index contributed by atoms with van der Waals surface area (Å²) in [7, 11) is -4.18. The average molecular weight is 644 g/mol. The average Bonchev–Trinajstić information content (AvgIpc) is 2.96. The largest absolute Gasteiger partial charge is 0.475 e. The van der Waals surface area contributed by atoms with Crippen LogP contribution in [0.25, 0.3) is 11.3 Å². The first kappa shape index (κ1) is 33.0. The predicted molar refractivity (Wildman–Crippen MR) is 177 cm³/mol. The number of hydrogen-bond acceptors (Lipinski definition) is 8. The molecular formula is C35H41N5O5S. The van der Waals surface area contributed by atoms with Crippen LogP contribution in [-0.4, -0.2) is 51.9 Å². The van der Waals surface area contributed by atoms with Crippen molar-refractivity contribution in [3.63, 3.8) is 0 Å². The highest BCUT2D eigenvalue weighted by Crippen LogP contribution is 2.32. The van der Waals surface area contributed by atoms with E-state index in [4.69, 9.17) is 4.74 Å². The molecule has 46 heavy (non-hydrogen) atoms. The lowest BCUT2D eigenvalue weighted by atomic mass is 9.87. The molecule has 1 amide bonds. The monoisotopic (exact) mass is 643 g/mol. The van der Waals surface area contributed by atoms with Crippen molar-refractivity contribution in [3.05, 3.63) is 94.8 Å². The molecular weight excluding hydrogens is 602 g/mol. The lowest BCUT2D eigenvalue weighted by molar-refractivity contribution is 0.0508. The molecule has 4 aromatic rings. The van der Waals surface area contributed by atoms with Gasteiger partial charge >= 0.3 is 0 Å². The summed E-state index contributed by atoms with van der Waals surface area (Å²) in [5.74, 6) is -0.341. The lowest BCUT2D eigenvalue weighted by Crippen LogP contribution is -2.45. The Morgan fingerprint density at radius 3 is 2.35 bits per heavy atom. The van der Waals surface area contributed by atoms with Gasteiger partial charge in [0.1, 0.15) is 6.61 Å². The van der Waals surface area contributed by atoms with Crippen molar-refractivity contribution in [1.82, 2.24) is 19.9 Å². The summed E-state index contributed by atoms with van der Waals surface area (Å²) >= 11 is 0. The summed E-state index contributed by atoms with van der Waals surface area (Å²) < 4.78 is 36.1. The van der Waals surface area contributed by atoms with Gasteiger partial charge in [0.2, 0.25) is 11.8 Å². The molecule has 0 saturated heterocycles. The third kappa shape index (κ3) is 7.54. The number of aromatic nitrogens is 3. The molecule has 0 radical (unpaired) electrons. The number of sulfonamides is 1. The summed E-state index contributed by atoms with van der Waals surface area (Å²) in [6, 6.07) is 16.6. The molecule has 1 aliphatic rings. The molecule has 0 fully saturated rings. The van der Waals surface area contributed by atoms with Gasteiger partial charge in [0.25, 0.3) is 15.9 Å². The number of fused-ring (bicyclic) bond motifs is 4. The van der Waals surface area contributed by atoms with E-state index in [1.807, 2.05) is 32.0 Å². The van der Waals surface area contributed by atoms with Gasteiger partial charge in [0, 0.05) is 23.4 Å². The molecule has 1 aliphatic heterocycles. The standard InChI is InChI=1S/C35H41N5O5S/c1-22-10-8-11-23(2)31(22)29-18-30-38-33(37-29)39-46(43,44)28-13-9-12-24(16-28)32(41)40(27(21-45-30)19-34(3,4)5)20-26-17-25(14-15-36-26)35(6,7)42/h8-18,27,42H,19-21H2,1-7H3,(H,37,38,39)/t27-/m1/s1. The second-order valence-electron chi connectivity index (χ2n) is 13.6. The van der Waals surface area contributed by atoms with Crippen LogP contribution in [0.5, 0.6) is 5.88 Å². The molecule has 0 saturated carbocycles. The van der Waals surface area contributed by atoms with Crippen LogP contribution in [0.3, 0.4) is 0 Å². The maximum Gasteiger partial charge on any atom is 0.264 e. The van der Waals surface area contributed by atoms with Gasteiger partial charge in [0.15, 0.2) is 0 Å². The third-order valence-electron chi connectivity index (χ3n) is 7.89. The summed E-state index contributed by atoms with van der Waals surface area (Å²) in [5, 5.41) is 10.7. The van der Waals surface area contributed by atoms with Crippen molar-refractivity contribution in [2.24, 2.45) is 5.41 Å². The normalized spacial score (nSPS) is 16.8. The highest BCUT2D eigenvalue weighted by molar-refractivity contribution is 7.92. The number of aryl methyl sites for hydroxylation is 2. The van der Waals surface area contributed by atoms with Gasteiger partial charge in [-0.05, 0) is 86.6 Å². The highest BCUT2D eigenvalue weighted by Gasteiger charge is 2.32. The zero-order valence-electron chi connectivity index (χ0n) is 27.3. The van der Waals surface area contributed by atoms with Gasteiger partial charge in [-0.1, -0.05) is 45.0 Å². The zero-order chi connectivity index (χ0) is 33.4. The van der Waals surface area contributed by atoms with Gasteiger partial charge in [-0.3, -0.25) is 9.78 Å². The molecule has 11 heteroatoms.